The lowest BCUT2D eigenvalue weighted by Gasteiger charge is -2.15. The summed E-state index contributed by atoms with van der Waals surface area (Å²) in [4.78, 5) is 11.8. The summed E-state index contributed by atoms with van der Waals surface area (Å²) in [7, 11) is 1.49. The number of carbonyl (C=O) groups excluding carboxylic acids is 1. The van der Waals surface area contributed by atoms with E-state index in [1.807, 2.05) is 0 Å². The van der Waals surface area contributed by atoms with Gasteiger partial charge in [0, 0.05) is 13.5 Å². The predicted octanol–water partition coefficient (Wildman–Crippen LogP) is 2.69. The van der Waals surface area contributed by atoms with Crippen LogP contribution in [0.3, 0.4) is 0 Å². The fourth-order valence-corrected chi connectivity index (χ4v) is 1.99. The topological polar surface area (TPSA) is 67.8 Å². The molecule has 0 saturated carbocycles. The molecule has 1 amide bonds. The van der Waals surface area contributed by atoms with E-state index >= 15 is 0 Å². The molecular weight excluding hydrogens is 305 g/mol. The number of nitrogens with one attached hydrogen (secondary N) is 1. The van der Waals surface area contributed by atoms with Gasteiger partial charge in [0.05, 0.1) is 28.4 Å². The van der Waals surface area contributed by atoms with E-state index in [4.69, 9.17) is 37.8 Å². The number of anilines is 1. The molecule has 0 aliphatic carbocycles. The Morgan fingerprint density at radius 1 is 1.40 bits per heavy atom. The minimum absolute atomic E-state index is 0.0726. The molecule has 0 saturated heterocycles. The quantitative estimate of drug-likeness (QED) is 0.722. The van der Waals surface area contributed by atoms with E-state index in [0.29, 0.717) is 22.2 Å². The highest BCUT2D eigenvalue weighted by molar-refractivity contribution is 6.39. The number of aliphatic hydroxyl groups excluding tert-OH is 1. The van der Waals surface area contributed by atoms with Crippen molar-refractivity contribution in [3.8, 4) is 0 Å². The summed E-state index contributed by atoms with van der Waals surface area (Å²) >= 11 is 11.9. The Hall–Kier alpha value is -0.850. The van der Waals surface area contributed by atoms with Crippen molar-refractivity contribution in [2.24, 2.45) is 0 Å². The Bertz CT molecular complexity index is 422. The highest BCUT2D eigenvalue weighted by atomic mass is 35.5. The van der Waals surface area contributed by atoms with Gasteiger partial charge in [-0.05, 0) is 18.6 Å². The second kappa shape index (κ2) is 9.15. The maximum absolute atomic E-state index is 11.8. The zero-order chi connectivity index (χ0) is 15.0. The average Bonchev–Trinajstić information content (AvgIpc) is 2.43. The van der Waals surface area contributed by atoms with Gasteiger partial charge in [-0.15, -0.1) is 0 Å². The van der Waals surface area contributed by atoms with Gasteiger partial charge in [0.2, 0.25) is 5.91 Å². The molecule has 0 heterocycles. The summed E-state index contributed by atoms with van der Waals surface area (Å²) in [6, 6.07) is 4.98. The second-order valence-electron chi connectivity index (χ2n) is 4.06. The normalized spacial score (nSPS) is 12.2. The minimum atomic E-state index is -0.442. The van der Waals surface area contributed by atoms with Crippen LogP contribution >= 0.6 is 23.2 Å². The van der Waals surface area contributed by atoms with Gasteiger partial charge in [0.25, 0.3) is 0 Å². The van der Waals surface area contributed by atoms with E-state index in [2.05, 4.69) is 5.32 Å². The number of methoxy groups -OCH3 is 1. The van der Waals surface area contributed by atoms with E-state index in [0.717, 1.165) is 0 Å². The molecule has 112 valence electrons. The Kier molecular flexibility index (Phi) is 7.87. The van der Waals surface area contributed by atoms with E-state index in [1.54, 1.807) is 18.2 Å². The van der Waals surface area contributed by atoms with Crippen LogP contribution in [0.5, 0.6) is 0 Å². The number of aliphatic hydroxyl groups is 1. The number of benzene rings is 1. The third-order valence-corrected chi connectivity index (χ3v) is 3.18. The maximum Gasteiger partial charge on any atom is 0.224 e. The smallest absolute Gasteiger partial charge is 0.224 e. The molecule has 0 bridgehead atoms. The Labute approximate surface area is 127 Å². The van der Waals surface area contributed by atoms with Gasteiger partial charge in [0.15, 0.2) is 0 Å². The van der Waals surface area contributed by atoms with Crippen LogP contribution in [0.4, 0.5) is 5.69 Å². The Morgan fingerprint density at radius 2 is 2.05 bits per heavy atom. The number of hydrogen-bond donors (Lipinski definition) is 2. The first-order chi connectivity index (χ1) is 9.58. The van der Waals surface area contributed by atoms with Crippen molar-refractivity contribution in [2.75, 3.05) is 25.8 Å². The van der Waals surface area contributed by atoms with Gasteiger partial charge in [-0.25, -0.2) is 0 Å². The largest absolute Gasteiger partial charge is 0.394 e. The molecule has 0 aromatic heterocycles. The van der Waals surface area contributed by atoms with Crippen molar-refractivity contribution >= 4 is 34.8 Å². The van der Waals surface area contributed by atoms with Gasteiger partial charge >= 0.3 is 0 Å². The molecule has 0 aliphatic heterocycles. The summed E-state index contributed by atoms with van der Waals surface area (Å²) in [5.74, 6) is -0.250. The van der Waals surface area contributed by atoms with Crippen molar-refractivity contribution in [2.45, 2.75) is 18.9 Å². The van der Waals surface area contributed by atoms with E-state index in [9.17, 15) is 4.79 Å². The number of amides is 1. The molecule has 20 heavy (non-hydrogen) atoms. The Morgan fingerprint density at radius 3 is 2.60 bits per heavy atom. The third-order valence-electron chi connectivity index (χ3n) is 2.55. The summed E-state index contributed by atoms with van der Waals surface area (Å²) in [6.07, 6.45) is 0.104. The fourth-order valence-electron chi connectivity index (χ4n) is 1.50. The van der Waals surface area contributed by atoms with Crippen LogP contribution in [-0.2, 0) is 14.3 Å². The van der Waals surface area contributed by atoms with Gasteiger partial charge < -0.3 is 19.9 Å². The lowest BCUT2D eigenvalue weighted by Crippen LogP contribution is -2.22. The minimum Gasteiger partial charge on any atom is -0.394 e. The van der Waals surface area contributed by atoms with Crippen LogP contribution in [-0.4, -0.2) is 37.6 Å². The fraction of sp³-hybridized carbons (Fsp3) is 0.462. The standard InChI is InChI=1S/C13H17Cl2NO4/c1-19-8-20-9(7-17)5-6-12(18)16-13-10(14)3-2-4-11(13)15/h2-4,9,17H,5-8H2,1H3,(H,16,18). The summed E-state index contributed by atoms with van der Waals surface area (Å²) in [5.41, 5.74) is 0.388. The van der Waals surface area contributed by atoms with Crippen LogP contribution < -0.4 is 5.32 Å². The summed E-state index contributed by atoms with van der Waals surface area (Å²) in [6.45, 7) is -0.104. The van der Waals surface area contributed by atoms with Crippen molar-refractivity contribution < 1.29 is 19.4 Å². The Balaban J connectivity index is 2.47. The van der Waals surface area contributed by atoms with Crippen LogP contribution in [0.2, 0.25) is 10.0 Å². The lowest BCUT2D eigenvalue weighted by atomic mass is 10.2. The highest BCUT2D eigenvalue weighted by Crippen LogP contribution is 2.29. The number of halogens is 2. The molecule has 0 radical (unpaired) electrons. The number of carbonyl (C=O) groups is 1. The predicted molar refractivity (Wildman–Crippen MR) is 78.2 cm³/mol. The number of ether oxygens (including phenoxy) is 2. The first kappa shape index (κ1) is 17.2. The van der Waals surface area contributed by atoms with Gasteiger partial charge in [-0.3, -0.25) is 4.79 Å². The first-order valence-electron chi connectivity index (χ1n) is 6.03. The first-order valence-corrected chi connectivity index (χ1v) is 6.79. The zero-order valence-electron chi connectivity index (χ0n) is 11.1. The van der Waals surface area contributed by atoms with Crippen molar-refractivity contribution in [1.82, 2.24) is 0 Å². The third kappa shape index (κ3) is 5.64. The van der Waals surface area contributed by atoms with E-state index in [-0.39, 0.29) is 25.7 Å². The molecule has 1 aromatic rings. The van der Waals surface area contributed by atoms with Crippen LogP contribution in [0.1, 0.15) is 12.8 Å². The maximum atomic E-state index is 11.8. The molecule has 1 aromatic carbocycles. The van der Waals surface area contributed by atoms with Crippen molar-refractivity contribution in [3.63, 3.8) is 0 Å². The van der Waals surface area contributed by atoms with Gasteiger partial charge in [-0.2, -0.15) is 0 Å². The molecule has 0 aliphatic rings. The average molecular weight is 322 g/mol. The van der Waals surface area contributed by atoms with Crippen molar-refractivity contribution in [3.05, 3.63) is 28.2 Å². The molecule has 0 fully saturated rings. The molecule has 1 unspecified atom stereocenters. The molecule has 5 nitrogen and oxygen atoms in total. The van der Waals surface area contributed by atoms with Crippen molar-refractivity contribution in [1.29, 1.82) is 0 Å². The van der Waals surface area contributed by atoms with Gasteiger partial charge in [0.1, 0.15) is 6.79 Å². The molecule has 2 N–H and O–H groups in total. The molecule has 1 rings (SSSR count). The lowest BCUT2D eigenvalue weighted by molar-refractivity contribution is -0.119. The zero-order valence-corrected chi connectivity index (χ0v) is 12.6. The molecule has 0 spiro atoms. The summed E-state index contributed by atoms with van der Waals surface area (Å²) < 4.78 is 9.92. The monoisotopic (exact) mass is 321 g/mol. The summed E-state index contributed by atoms with van der Waals surface area (Å²) in [5, 5.41) is 12.5. The highest BCUT2D eigenvalue weighted by Gasteiger charge is 2.13. The van der Waals surface area contributed by atoms with E-state index < -0.39 is 6.10 Å². The second-order valence-corrected chi connectivity index (χ2v) is 4.88. The number of hydrogen-bond acceptors (Lipinski definition) is 4. The number of para-hydroxylation sites is 1. The van der Waals surface area contributed by atoms with Crippen LogP contribution in [0.25, 0.3) is 0 Å². The van der Waals surface area contributed by atoms with E-state index in [1.165, 1.54) is 7.11 Å². The van der Waals surface area contributed by atoms with Gasteiger partial charge in [-0.1, -0.05) is 29.3 Å². The molecule has 7 heteroatoms. The van der Waals surface area contributed by atoms with Crippen LogP contribution in [0.15, 0.2) is 18.2 Å². The SMILES string of the molecule is COCOC(CO)CCC(=O)Nc1c(Cl)cccc1Cl. The molecule has 1 atom stereocenters. The molecular formula is C13H17Cl2NO4. The van der Waals surface area contributed by atoms with Crippen LogP contribution in [0, 0.1) is 0 Å². The number of rotatable bonds is 8.